The Morgan fingerprint density at radius 1 is 1.14 bits per heavy atom. The van der Waals surface area contributed by atoms with E-state index in [1.807, 2.05) is 43.3 Å². The molecule has 1 amide bonds. The molecule has 0 saturated heterocycles. The topological polar surface area (TPSA) is 41.1 Å². The first kappa shape index (κ1) is 15.4. The van der Waals surface area contributed by atoms with Gasteiger partial charge in [0.25, 0.3) is 5.91 Å². The van der Waals surface area contributed by atoms with Gasteiger partial charge in [0.15, 0.2) is 0 Å². The van der Waals surface area contributed by atoms with Gasteiger partial charge in [-0.3, -0.25) is 15.6 Å². The lowest BCUT2D eigenvalue weighted by molar-refractivity contribution is 0.0962. The zero-order valence-corrected chi connectivity index (χ0v) is 13.0. The molecular formula is C17H19ClN2O. The average Bonchev–Trinajstić information content (AvgIpc) is 2.49. The van der Waals surface area contributed by atoms with Gasteiger partial charge in [-0.25, -0.2) is 0 Å². The number of carbonyl (C=O) groups is 1. The van der Waals surface area contributed by atoms with E-state index in [9.17, 15) is 4.79 Å². The molecule has 0 aliphatic carbocycles. The Bertz CT molecular complexity index is 623. The van der Waals surface area contributed by atoms with Crippen LogP contribution in [0.5, 0.6) is 0 Å². The van der Waals surface area contributed by atoms with Crippen molar-refractivity contribution in [3.8, 4) is 0 Å². The summed E-state index contributed by atoms with van der Waals surface area (Å²) in [5, 5.41) is 0.665. The summed E-state index contributed by atoms with van der Waals surface area (Å²) < 4.78 is 0. The molecule has 21 heavy (non-hydrogen) atoms. The van der Waals surface area contributed by atoms with Crippen LogP contribution in [-0.4, -0.2) is 5.91 Å². The van der Waals surface area contributed by atoms with Gasteiger partial charge in [-0.2, -0.15) is 0 Å². The first-order valence-electron chi connectivity index (χ1n) is 7.01. The molecule has 0 heterocycles. The first-order chi connectivity index (χ1) is 10.1. The minimum absolute atomic E-state index is 0.172. The lowest BCUT2D eigenvalue weighted by Gasteiger charge is -2.10. The van der Waals surface area contributed by atoms with Crippen molar-refractivity contribution < 1.29 is 4.79 Å². The molecule has 0 aliphatic rings. The van der Waals surface area contributed by atoms with E-state index in [0.29, 0.717) is 10.6 Å². The predicted octanol–water partition coefficient (Wildman–Crippen LogP) is 4.36. The largest absolute Gasteiger partial charge is 0.298 e. The molecule has 4 heteroatoms. The number of hydrogen-bond acceptors (Lipinski definition) is 2. The second-order valence-corrected chi connectivity index (χ2v) is 5.40. The van der Waals surface area contributed by atoms with Crippen LogP contribution < -0.4 is 10.9 Å². The molecule has 0 spiro atoms. The van der Waals surface area contributed by atoms with Gasteiger partial charge in [0.2, 0.25) is 0 Å². The Morgan fingerprint density at radius 2 is 1.86 bits per heavy atom. The van der Waals surface area contributed by atoms with Gasteiger partial charge in [0.05, 0.1) is 5.69 Å². The Morgan fingerprint density at radius 3 is 2.48 bits per heavy atom. The number of anilines is 1. The predicted molar refractivity (Wildman–Crippen MR) is 87.7 cm³/mol. The molecule has 0 radical (unpaired) electrons. The van der Waals surface area contributed by atoms with E-state index in [1.54, 1.807) is 6.07 Å². The highest BCUT2D eigenvalue weighted by molar-refractivity contribution is 6.31. The zero-order valence-electron chi connectivity index (χ0n) is 12.2. The number of carbonyl (C=O) groups excluding carboxylic acids is 1. The lowest BCUT2D eigenvalue weighted by Crippen LogP contribution is -2.29. The summed E-state index contributed by atoms with van der Waals surface area (Å²) in [6, 6.07) is 13.2. The summed E-state index contributed by atoms with van der Waals surface area (Å²) in [4.78, 5) is 12.0. The summed E-state index contributed by atoms with van der Waals surface area (Å²) in [7, 11) is 0. The van der Waals surface area contributed by atoms with Gasteiger partial charge in [-0.15, -0.1) is 0 Å². The normalized spacial score (nSPS) is 10.2. The molecule has 0 saturated carbocycles. The number of hydrazine groups is 1. The van der Waals surface area contributed by atoms with E-state index >= 15 is 0 Å². The van der Waals surface area contributed by atoms with E-state index in [1.165, 1.54) is 5.56 Å². The third-order valence-electron chi connectivity index (χ3n) is 3.25. The molecule has 2 rings (SSSR count). The molecule has 3 nitrogen and oxygen atoms in total. The molecule has 2 aromatic rings. The van der Waals surface area contributed by atoms with E-state index in [0.717, 1.165) is 24.1 Å². The average molecular weight is 303 g/mol. The monoisotopic (exact) mass is 302 g/mol. The summed E-state index contributed by atoms with van der Waals surface area (Å²) >= 11 is 6.04. The molecule has 0 aliphatic heterocycles. The van der Waals surface area contributed by atoms with Crippen LogP contribution in [0.25, 0.3) is 0 Å². The highest BCUT2D eigenvalue weighted by Gasteiger charge is 2.05. The van der Waals surface area contributed by atoms with Crippen molar-refractivity contribution in [2.75, 3.05) is 5.43 Å². The first-order valence-corrected chi connectivity index (χ1v) is 7.39. The van der Waals surface area contributed by atoms with Crippen molar-refractivity contribution in [1.29, 1.82) is 0 Å². The van der Waals surface area contributed by atoms with Crippen LogP contribution in [0.4, 0.5) is 5.69 Å². The highest BCUT2D eigenvalue weighted by atomic mass is 35.5. The zero-order chi connectivity index (χ0) is 15.2. The van der Waals surface area contributed by atoms with E-state index in [-0.39, 0.29) is 5.91 Å². The second-order valence-electron chi connectivity index (χ2n) is 4.99. The number of benzene rings is 2. The molecule has 110 valence electrons. The molecular weight excluding hydrogens is 284 g/mol. The van der Waals surface area contributed by atoms with Crippen LogP contribution in [0.3, 0.4) is 0 Å². The maximum atomic E-state index is 12.0. The van der Waals surface area contributed by atoms with Crippen molar-refractivity contribution in [2.45, 2.75) is 26.7 Å². The van der Waals surface area contributed by atoms with Crippen LogP contribution in [0.15, 0.2) is 42.5 Å². The van der Waals surface area contributed by atoms with Crippen LogP contribution in [0.2, 0.25) is 5.02 Å². The number of nitrogens with one attached hydrogen (secondary N) is 2. The van der Waals surface area contributed by atoms with Crippen molar-refractivity contribution in [3.05, 3.63) is 64.2 Å². The summed E-state index contributed by atoms with van der Waals surface area (Å²) in [5.74, 6) is -0.172. The summed E-state index contributed by atoms with van der Waals surface area (Å²) in [6.45, 7) is 4.07. The smallest absolute Gasteiger partial charge is 0.269 e. The summed E-state index contributed by atoms with van der Waals surface area (Å²) in [5.41, 5.74) is 9.15. The molecule has 0 atom stereocenters. The Kier molecular flexibility index (Phi) is 5.23. The molecule has 0 fully saturated rings. The number of hydrogen-bond donors (Lipinski definition) is 2. The maximum Gasteiger partial charge on any atom is 0.269 e. The third-order valence-corrected chi connectivity index (χ3v) is 3.65. The minimum Gasteiger partial charge on any atom is -0.298 e. The highest BCUT2D eigenvalue weighted by Crippen LogP contribution is 2.19. The molecule has 2 aromatic carbocycles. The van der Waals surface area contributed by atoms with Crippen LogP contribution >= 0.6 is 11.6 Å². The fourth-order valence-corrected chi connectivity index (χ4v) is 2.16. The molecule has 2 N–H and O–H groups in total. The van der Waals surface area contributed by atoms with Gasteiger partial charge in [0, 0.05) is 10.6 Å². The van der Waals surface area contributed by atoms with E-state index in [4.69, 9.17) is 11.6 Å². The SMILES string of the molecule is CCCc1ccc(C(=O)NNc2ccc(C)c(Cl)c2)cc1. The van der Waals surface area contributed by atoms with Gasteiger partial charge in [0.1, 0.15) is 0 Å². The lowest BCUT2D eigenvalue weighted by atomic mass is 10.1. The molecule has 0 bridgehead atoms. The van der Waals surface area contributed by atoms with Crippen molar-refractivity contribution in [1.82, 2.24) is 5.43 Å². The number of aryl methyl sites for hydroxylation is 2. The fourth-order valence-electron chi connectivity index (χ4n) is 1.98. The number of rotatable bonds is 5. The van der Waals surface area contributed by atoms with E-state index in [2.05, 4.69) is 17.8 Å². The van der Waals surface area contributed by atoms with Gasteiger partial charge < -0.3 is 0 Å². The number of amides is 1. The van der Waals surface area contributed by atoms with Crippen molar-refractivity contribution >= 4 is 23.2 Å². The fraction of sp³-hybridized carbons (Fsp3) is 0.235. The Labute approximate surface area is 130 Å². The Balaban J connectivity index is 1.96. The van der Waals surface area contributed by atoms with Crippen molar-refractivity contribution in [3.63, 3.8) is 0 Å². The Hall–Kier alpha value is -2.00. The van der Waals surface area contributed by atoms with Crippen LogP contribution in [0, 0.1) is 6.92 Å². The molecule has 0 aromatic heterocycles. The molecule has 0 unspecified atom stereocenters. The van der Waals surface area contributed by atoms with Gasteiger partial charge in [-0.05, 0) is 48.7 Å². The third kappa shape index (κ3) is 4.23. The van der Waals surface area contributed by atoms with Crippen LogP contribution in [0.1, 0.15) is 34.8 Å². The number of halogens is 1. The van der Waals surface area contributed by atoms with Gasteiger partial charge in [-0.1, -0.05) is 43.1 Å². The maximum absolute atomic E-state index is 12.0. The quantitative estimate of drug-likeness (QED) is 0.806. The standard InChI is InChI=1S/C17H19ClN2O/c1-3-4-13-6-8-14(9-7-13)17(21)20-19-15-10-5-12(2)16(18)11-15/h5-11,19H,3-4H2,1-2H3,(H,20,21). The minimum atomic E-state index is -0.172. The summed E-state index contributed by atoms with van der Waals surface area (Å²) in [6.07, 6.45) is 2.13. The van der Waals surface area contributed by atoms with Gasteiger partial charge >= 0.3 is 0 Å². The van der Waals surface area contributed by atoms with Crippen molar-refractivity contribution in [2.24, 2.45) is 0 Å². The second kappa shape index (κ2) is 7.14. The van der Waals surface area contributed by atoms with Crippen LogP contribution in [-0.2, 0) is 6.42 Å². The van der Waals surface area contributed by atoms with E-state index < -0.39 is 0 Å².